The fourth-order valence-electron chi connectivity index (χ4n) is 3.92. The number of benzene rings is 3. The highest BCUT2D eigenvalue weighted by Gasteiger charge is 2.31. The highest BCUT2D eigenvalue weighted by atomic mass is 35.5. The van der Waals surface area contributed by atoms with Crippen molar-refractivity contribution in [3.63, 3.8) is 0 Å². The molecule has 3 aromatic carbocycles. The summed E-state index contributed by atoms with van der Waals surface area (Å²) >= 11 is 12.2. The van der Waals surface area contributed by atoms with Gasteiger partial charge in [0, 0.05) is 25.3 Å². The molecule has 0 spiro atoms. The van der Waals surface area contributed by atoms with Gasteiger partial charge in [-0.3, -0.25) is 9.59 Å². The van der Waals surface area contributed by atoms with Crippen LogP contribution in [0.4, 0.5) is 0 Å². The molecule has 1 fully saturated rings. The lowest BCUT2D eigenvalue weighted by Crippen LogP contribution is -2.45. The van der Waals surface area contributed by atoms with Crippen molar-refractivity contribution in [3.8, 4) is 11.5 Å². The van der Waals surface area contributed by atoms with Crippen LogP contribution >= 0.6 is 31.7 Å². The molecule has 9 nitrogen and oxygen atoms in total. The number of hydrogen-bond acceptors (Lipinski definition) is 7. The molecule has 0 saturated carbocycles. The Hall–Kier alpha value is -3.62. The number of amides is 2. The standard InChI is InChI=1S/C28H28Cl2N5O4P/c29-22-12-7-13-23(30)25(22)27(36)34-24(18-31)26(32)28(37)33-19-14-16-35(17-15-19)40(38-20-8-3-1-4-9-20)39-21-10-5-2-6-11-21/h1-13,18-19,31H,14-17,32H2,(H,33,37)(H,34,36)/b26-24+,31-18?. The van der Waals surface area contributed by atoms with Gasteiger partial charge < -0.3 is 30.8 Å². The van der Waals surface area contributed by atoms with Crippen molar-refractivity contribution in [2.24, 2.45) is 5.73 Å². The van der Waals surface area contributed by atoms with Crippen LogP contribution in [0, 0.1) is 5.41 Å². The third kappa shape index (κ3) is 7.73. The van der Waals surface area contributed by atoms with Crippen LogP contribution in [-0.4, -0.2) is 41.8 Å². The van der Waals surface area contributed by atoms with Crippen LogP contribution in [0.5, 0.6) is 11.5 Å². The van der Waals surface area contributed by atoms with Crippen LogP contribution in [0.15, 0.2) is 90.3 Å². The summed E-state index contributed by atoms with van der Waals surface area (Å²) in [5, 5.41) is 13.3. The average molecular weight is 600 g/mol. The van der Waals surface area contributed by atoms with E-state index < -0.39 is 20.3 Å². The van der Waals surface area contributed by atoms with Crippen molar-refractivity contribution in [3.05, 3.63) is 106 Å². The summed E-state index contributed by atoms with van der Waals surface area (Å²) in [6.45, 7) is 1.22. The number of carbonyl (C=O) groups excluding carboxylic acids is 2. The second kappa shape index (κ2) is 14.1. The van der Waals surface area contributed by atoms with E-state index in [4.69, 9.17) is 43.4 Å². The number of hydrogen-bond donors (Lipinski definition) is 4. The summed E-state index contributed by atoms with van der Waals surface area (Å²) in [7, 11) is -1.45. The Morgan fingerprint density at radius 3 is 1.93 bits per heavy atom. The van der Waals surface area contributed by atoms with Crippen LogP contribution in [0.25, 0.3) is 0 Å². The fourth-order valence-corrected chi connectivity index (χ4v) is 5.92. The second-order valence-corrected chi connectivity index (χ2v) is 11.0. The number of nitrogens with zero attached hydrogens (tertiary/aromatic N) is 1. The minimum absolute atomic E-state index is 0.0257. The molecule has 0 atom stereocenters. The van der Waals surface area contributed by atoms with E-state index in [0.717, 1.165) is 6.21 Å². The minimum atomic E-state index is -1.45. The van der Waals surface area contributed by atoms with Gasteiger partial charge in [-0.15, -0.1) is 0 Å². The smallest absolute Gasteiger partial charge is 0.384 e. The predicted octanol–water partition coefficient (Wildman–Crippen LogP) is 5.51. The highest BCUT2D eigenvalue weighted by molar-refractivity contribution is 7.45. The van der Waals surface area contributed by atoms with Crippen LogP contribution in [0.3, 0.4) is 0 Å². The van der Waals surface area contributed by atoms with Crippen molar-refractivity contribution >= 4 is 49.8 Å². The van der Waals surface area contributed by atoms with E-state index in [2.05, 4.69) is 15.3 Å². The number of rotatable bonds is 10. The number of para-hydroxylation sites is 2. The van der Waals surface area contributed by atoms with Gasteiger partial charge in [-0.25, -0.2) is 4.67 Å². The maximum atomic E-state index is 12.9. The van der Waals surface area contributed by atoms with Gasteiger partial charge in [0.2, 0.25) is 0 Å². The van der Waals surface area contributed by atoms with E-state index in [1.54, 1.807) is 6.07 Å². The number of allylic oxidation sites excluding steroid dienone is 1. The van der Waals surface area contributed by atoms with Gasteiger partial charge in [0.15, 0.2) is 0 Å². The Morgan fingerprint density at radius 2 is 1.43 bits per heavy atom. The first-order chi connectivity index (χ1) is 19.4. The largest absolute Gasteiger partial charge is 0.427 e. The van der Waals surface area contributed by atoms with Gasteiger partial charge in [-0.2, -0.15) is 0 Å². The maximum absolute atomic E-state index is 12.9. The third-order valence-corrected chi connectivity index (χ3v) is 8.23. The average Bonchev–Trinajstić information content (AvgIpc) is 2.96. The van der Waals surface area contributed by atoms with Crippen LogP contribution in [-0.2, 0) is 4.79 Å². The van der Waals surface area contributed by atoms with Crippen molar-refractivity contribution in [2.75, 3.05) is 13.1 Å². The van der Waals surface area contributed by atoms with Gasteiger partial charge in [0.05, 0.1) is 21.3 Å². The molecule has 5 N–H and O–H groups in total. The molecule has 12 heteroatoms. The lowest BCUT2D eigenvalue weighted by Gasteiger charge is -2.35. The zero-order valence-corrected chi connectivity index (χ0v) is 23.8. The summed E-state index contributed by atoms with van der Waals surface area (Å²) in [5.41, 5.74) is 5.60. The van der Waals surface area contributed by atoms with Crippen molar-refractivity contribution in [1.82, 2.24) is 15.3 Å². The Labute approximate surface area is 243 Å². The van der Waals surface area contributed by atoms with Gasteiger partial charge >= 0.3 is 8.53 Å². The van der Waals surface area contributed by atoms with Gasteiger partial charge in [-0.1, -0.05) is 65.7 Å². The molecule has 4 rings (SSSR count). The maximum Gasteiger partial charge on any atom is 0.384 e. The molecule has 0 unspecified atom stereocenters. The predicted molar refractivity (Wildman–Crippen MR) is 158 cm³/mol. The lowest BCUT2D eigenvalue weighted by atomic mass is 10.1. The minimum Gasteiger partial charge on any atom is -0.427 e. The molecule has 0 aromatic heterocycles. The summed E-state index contributed by atoms with van der Waals surface area (Å²) in [4.78, 5) is 25.6. The van der Waals surface area contributed by atoms with Crippen LogP contribution in [0.1, 0.15) is 23.2 Å². The van der Waals surface area contributed by atoms with Crippen molar-refractivity contribution < 1.29 is 18.6 Å². The van der Waals surface area contributed by atoms with E-state index in [1.165, 1.54) is 12.1 Å². The number of halogens is 2. The zero-order chi connectivity index (χ0) is 28.5. The molecular weight excluding hydrogens is 572 g/mol. The normalized spacial score (nSPS) is 14.7. The molecule has 40 heavy (non-hydrogen) atoms. The number of nitrogens with two attached hydrogens (primary N) is 1. The molecule has 1 aliphatic heterocycles. The topological polar surface area (TPSA) is 130 Å². The number of piperidine rings is 1. The van der Waals surface area contributed by atoms with Crippen LogP contribution in [0.2, 0.25) is 10.0 Å². The van der Waals surface area contributed by atoms with Gasteiger partial charge in [0.25, 0.3) is 11.8 Å². The van der Waals surface area contributed by atoms with E-state index in [-0.39, 0.29) is 33.0 Å². The molecule has 2 amide bonds. The second-order valence-electron chi connectivity index (χ2n) is 8.77. The molecule has 1 heterocycles. The van der Waals surface area contributed by atoms with E-state index >= 15 is 0 Å². The van der Waals surface area contributed by atoms with Crippen LogP contribution < -0.4 is 25.4 Å². The molecule has 1 aliphatic rings. The molecule has 0 radical (unpaired) electrons. The quantitative estimate of drug-likeness (QED) is 0.138. The summed E-state index contributed by atoms with van der Waals surface area (Å²) in [6, 6.07) is 23.4. The molecule has 0 aliphatic carbocycles. The number of carbonyl (C=O) groups is 2. The third-order valence-electron chi connectivity index (χ3n) is 6.01. The van der Waals surface area contributed by atoms with Gasteiger partial charge in [-0.05, 0) is 49.2 Å². The lowest BCUT2D eigenvalue weighted by molar-refractivity contribution is -0.118. The van der Waals surface area contributed by atoms with Gasteiger partial charge in [0.1, 0.15) is 17.2 Å². The molecule has 1 saturated heterocycles. The zero-order valence-electron chi connectivity index (χ0n) is 21.3. The first kappa shape index (κ1) is 29.4. The first-order valence-electron chi connectivity index (χ1n) is 12.4. The SMILES string of the molecule is N=C/C(NC(=O)c1c(Cl)cccc1Cl)=C(\N)C(=O)NC1CCN(P(Oc2ccccc2)Oc2ccccc2)CC1. The first-order valence-corrected chi connectivity index (χ1v) is 14.3. The van der Waals surface area contributed by atoms with E-state index in [0.29, 0.717) is 37.4 Å². The monoisotopic (exact) mass is 599 g/mol. The van der Waals surface area contributed by atoms with E-state index in [1.807, 2.05) is 60.7 Å². The van der Waals surface area contributed by atoms with E-state index in [9.17, 15) is 9.59 Å². The Morgan fingerprint density at radius 1 is 0.900 bits per heavy atom. The molecule has 0 bridgehead atoms. The molecular formula is C28H28Cl2N5O4P. The molecule has 3 aromatic rings. The van der Waals surface area contributed by atoms with Crippen molar-refractivity contribution in [2.45, 2.75) is 18.9 Å². The Bertz CT molecular complexity index is 1310. The Kier molecular flexibility index (Phi) is 10.4. The summed E-state index contributed by atoms with van der Waals surface area (Å²) in [6.07, 6.45) is 2.04. The summed E-state index contributed by atoms with van der Waals surface area (Å²) < 4.78 is 14.6. The highest BCUT2D eigenvalue weighted by Crippen LogP contribution is 2.45. The molecule has 208 valence electrons. The number of nitrogens with one attached hydrogen (secondary N) is 3. The fraction of sp³-hybridized carbons (Fsp3) is 0.179. The van der Waals surface area contributed by atoms with Crippen molar-refractivity contribution in [1.29, 1.82) is 5.41 Å². The summed E-state index contributed by atoms with van der Waals surface area (Å²) in [5.74, 6) is 0.142. The Balaban J connectivity index is 1.38.